The Kier molecular flexibility index (Phi) is 3.98. The van der Waals surface area contributed by atoms with Crippen molar-refractivity contribution in [1.29, 1.82) is 0 Å². The van der Waals surface area contributed by atoms with Gasteiger partial charge in [-0.05, 0) is 29.8 Å². The number of imidazole rings is 1. The van der Waals surface area contributed by atoms with Crippen molar-refractivity contribution < 1.29 is 4.92 Å². The van der Waals surface area contributed by atoms with Gasteiger partial charge in [0.15, 0.2) is 11.3 Å². The molecule has 0 aliphatic rings. The van der Waals surface area contributed by atoms with Gasteiger partial charge in [0.1, 0.15) is 5.82 Å². The Morgan fingerprint density at radius 3 is 2.14 bits per heavy atom. The molecule has 0 fully saturated rings. The Bertz CT molecular complexity index is 1340. The summed E-state index contributed by atoms with van der Waals surface area (Å²) in [7, 11) is 0. The lowest BCUT2D eigenvalue weighted by Gasteiger charge is -2.09. The number of hydrogen-bond donors (Lipinski definition) is 0. The normalized spacial score (nSPS) is 11.2. The molecule has 2 aromatic heterocycles. The quantitative estimate of drug-likeness (QED) is 0.335. The highest BCUT2D eigenvalue weighted by atomic mass is 16.6. The van der Waals surface area contributed by atoms with Gasteiger partial charge in [0.2, 0.25) is 0 Å². The van der Waals surface area contributed by atoms with E-state index >= 15 is 0 Å². The minimum Gasteiger partial charge on any atom is -0.303 e. The second-order valence-electron chi connectivity index (χ2n) is 6.67. The minimum absolute atomic E-state index is 0.0430. The van der Waals surface area contributed by atoms with Crippen LogP contribution in [0.3, 0.4) is 0 Å². The zero-order chi connectivity index (χ0) is 19.8. The van der Waals surface area contributed by atoms with Gasteiger partial charge in [-0.1, -0.05) is 42.5 Å². The van der Waals surface area contributed by atoms with Gasteiger partial charge in [0, 0.05) is 17.7 Å². The minimum atomic E-state index is -0.410. The van der Waals surface area contributed by atoms with Crippen LogP contribution in [0.5, 0.6) is 0 Å². The van der Waals surface area contributed by atoms with Crippen molar-refractivity contribution in [2.75, 3.05) is 0 Å². The zero-order valence-corrected chi connectivity index (χ0v) is 15.3. The molecule has 7 nitrogen and oxygen atoms in total. The molecule has 0 atom stereocenters. The van der Waals surface area contributed by atoms with E-state index in [4.69, 9.17) is 9.97 Å². The molecule has 0 unspecified atom stereocenters. The van der Waals surface area contributed by atoms with Crippen molar-refractivity contribution in [2.45, 2.75) is 6.54 Å². The average Bonchev–Trinajstić information content (AvgIpc) is 3.10. The summed E-state index contributed by atoms with van der Waals surface area (Å²) in [5.74, 6) is 0.675. The first-order valence-electron chi connectivity index (χ1n) is 9.11. The van der Waals surface area contributed by atoms with Gasteiger partial charge in [-0.15, -0.1) is 0 Å². The summed E-state index contributed by atoms with van der Waals surface area (Å²) in [5.41, 5.74) is 4.72. The van der Waals surface area contributed by atoms with Crippen LogP contribution in [0.25, 0.3) is 33.7 Å². The van der Waals surface area contributed by atoms with Crippen molar-refractivity contribution in [3.8, 4) is 11.4 Å². The van der Waals surface area contributed by atoms with Crippen molar-refractivity contribution in [1.82, 2.24) is 19.5 Å². The topological polar surface area (TPSA) is 86.7 Å². The van der Waals surface area contributed by atoms with Crippen LogP contribution in [0.1, 0.15) is 5.56 Å². The van der Waals surface area contributed by atoms with Crippen LogP contribution >= 0.6 is 0 Å². The third-order valence-electron chi connectivity index (χ3n) is 4.78. The molecule has 3 aromatic carbocycles. The number of benzene rings is 3. The molecule has 5 aromatic rings. The maximum Gasteiger partial charge on any atom is 0.269 e. The summed E-state index contributed by atoms with van der Waals surface area (Å²) in [6.07, 6.45) is 0. The predicted octanol–water partition coefficient (Wildman–Crippen LogP) is 4.60. The first-order valence-corrected chi connectivity index (χ1v) is 9.11. The molecule has 0 bridgehead atoms. The predicted molar refractivity (Wildman–Crippen MR) is 110 cm³/mol. The van der Waals surface area contributed by atoms with Crippen LogP contribution in [0.15, 0.2) is 78.9 Å². The Morgan fingerprint density at radius 1 is 0.793 bits per heavy atom. The summed E-state index contributed by atoms with van der Waals surface area (Å²) >= 11 is 0. The Hall–Kier alpha value is -4.13. The van der Waals surface area contributed by atoms with Crippen LogP contribution in [-0.2, 0) is 6.54 Å². The van der Waals surface area contributed by atoms with Gasteiger partial charge in [-0.25, -0.2) is 15.0 Å². The van der Waals surface area contributed by atoms with Crippen LogP contribution in [0.4, 0.5) is 5.69 Å². The molecule has 2 heterocycles. The maximum absolute atomic E-state index is 11.0. The first-order chi connectivity index (χ1) is 14.2. The third-order valence-corrected chi connectivity index (χ3v) is 4.78. The Labute approximate surface area is 165 Å². The number of fused-ring (bicyclic) bond motifs is 2. The van der Waals surface area contributed by atoms with E-state index in [2.05, 4.69) is 4.98 Å². The molecule has 0 aliphatic carbocycles. The van der Waals surface area contributed by atoms with Crippen LogP contribution in [-0.4, -0.2) is 24.4 Å². The largest absolute Gasteiger partial charge is 0.303 e. The van der Waals surface area contributed by atoms with E-state index in [9.17, 15) is 10.1 Å². The Morgan fingerprint density at radius 2 is 1.45 bits per heavy atom. The molecule has 7 heteroatoms. The molecular formula is C22H15N5O2. The van der Waals surface area contributed by atoms with Gasteiger partial charge >= 0.3 is 0 Å². The number of nitro groups is 1. The van der Waals surface area contributed by atoms with Gasteiger partial charge in [-0.3, -0.25) is 10.1 Å². The van der Waals surface area contributed by atoms with E-state index in [0.717, 1.165) is 22.2 Å². The van der Waals surface area contributed by atoms with E-state index < -0.39 is 4.92 Å². The lowest BCUT2D eigenvalue weighted by atomic mass is 10.2. The lowest BCUT2D eigenvalue weighted by molar-refractivity contribution is -0.384. The summed E-state index contributed by atoms with van der Waals surface area (Å²) in [6.45, 7) is 0.566. The molecule has 0 radical (unpaired) electrons. The van der Waals surface area contributed by atoms with E-state index in [0.29, 0.717) is 23.7 Å². The van der Waals surface area contributed by atoms with Gasteiger partial charge in [0.25, 0.3) is 5.69 Å². The van der Waals surface area contributed by atoms with Gasteiger partial charge in [0.05, 0.1) is 22.5 Å². The summed E-state index contributed by atoms with van der Waals surface area (Å²) in [4.78, 5) is 24.8. The Balaban J connectivity index is 1.73. The number of non-ortho nitro benzene ring substituents is 1. The molecule has 0 amide bonds. The smallest absolute Gasteiger partial charge is 0.269 e. The number of hydrogen-bond acceptors (Lipinski definition) is 5. The van der Waals surface area contributed by atoms with Crippen LogP contribution in [0, 0.1) is 10.1 Å². The van der Waals surface area contributed by atoms with Crippen molar-refractivity contribution >= 4 is 28.0 Å². The number of para-hydroxylation sites is 2. The molecule has 0 saturated heterocycles. The van der Waals surface area contributed by atoms with Crippen LogP contribution in [0.2, 0.25) is 0 Å². The van der Waals surface area contributed by atoms with E-state index in [1.165, 1.54) is 12.1 Å². The molecular weight excluding hydrogens is 366 g/mol. The standard InChI is InChI=1S/C22H15N5O2/c28-27(29)17-12-10-16(11-13-17)21-25-20-22(24-19-9-5-4-8-18(19)23-20)26(21)14-15-6-2-1-3-7-15/h1-13H,14H2. The van der Waals surface area contributed by atoms with Gasteiger partial charge in [-0.2, -0.15) is 0 Å². The fraction of sp³-hybridized carbons (Fsp3) is 0.0455. The highest BCUT2D eigenvalue weighted by molar-refractivity contribution is 5.85. The summed E-state index contributed by atoms with van der Waals surface area (Å²) < 4.78 is 2.01. The molecule has 5 rings (SSSR count). The first kappa shape index (κ1) is 17.0. The molecule has 0 spiro atoms. The maximum atomic E-state index is 11.0. The molecule has 0 aliphatic heterocycles. The van der Waals surface area contributed by atoms with Crippen LogP contribution < -0.4 is 0 Å². The number of nitrogens with zero attached hydrogens (tertiary/aromatic N) is 5. The van der Waals surface area contributed by atoms with E-state index in [1.54, 1.807) is 12.1 Å². The third kappa shape index (κ3) is 3.08. The lowest BCUT2D eigenvalue weighted by Crippen LogP contribution is -2.03. The summed E-state index contributed by atoms with van der Waals surface area (Å²) in [5, 5.41) is 11.0. The second-order valence-corrected chi connectivity index (χ2v) is 6.67. The number of nitro benzene ring substituents is 1. The highest BCUT2D eigenvalue weighted by Gasteiger charge is 2.17. The fourth-order valence-electron chi connectivity index (χ4n) is 3.37. The SMILES string of the molecule is O=[N+]([O-])c1ccc(-c2nc3nc4ccccc4nc3n2Cc2ccccc2)cc1. The molecule has 29 heavy (non-hydrogen) atoms. The van der Waals surface area contributed by atoms with Gasteiger partial charge < -0.3 is 4.57 Å². The van der Waals surface area contributed by atoms with E-state index in [-0.39, 0.29) is 5.69 Å². The van der Waals surface area contributed by atoms with Crippen molar-refractivity contribution in [3.63, 3.8) is 0 Å². The molecule has 0 saturated carbocycles. The number of rotatable bonds is 4. The van der Waals surface area contributed by atoms with E-state index in [1.807, 2.05) is 59.2 Å². The highest BCUT2D eigenvalue weighted by Crippen LogP contribution is 2.27. The molecule has 0 N–H and O–H groups in total. The fourth-order valence-corrected chi connectivity index (χ4v) is 3.37. The van der Waals surface area contributed by atoms with Crippen molar-refractivity contribution in [3.05, 3.63) is 94.5 Å². The zero-order valence-electron chi connectivity index (χ0n) is 15.3. The van der Waals surface area contributed by atoms with Crippen molar-refractivity contribution in [2.24, 2.45) is 0 Å². The second kappa shape index (κ2) is 6.79. The monoisotopic (exact) mass is 381 g/mol. The molecule has 140 valence electrons. The summed E-state index contributed by atoms with van der Waals surface area (Å²) in [6, 6.07) is 24.1. The number of aromatic nitrogens is 4. The average molecular weight is 381 g/mol.